The van der Waals surface area contributed by atoms with Crippen molar-refractivity contribution in [2.45, 2.75) is 0 Å². The molecule has 0 unspecified atom stereocenters. The Morgan fingerprint density at radius 2 is 1.96 bits per heavy atom. The first-order chi connectivity index (χ1) is 10.7. The van der Waals surface area contributed by atoms with Gasteiger partial charge in [0, 0.05) is 49.7 Å². The number of aromatic hydroxyl groups is 1. The molecule has 2 heterocycles. The number of guanidine groups is 1. The van der Waals surface area contributed by atoms with Crippen molar-refractivity contribution in [2.24, 2.45) is 12.0 Å². The molecule has 8 heteroatoms. The predicted molar refractivity (Wildman–Crippen MR) is 106 cm³/mol. The van der Waals surface area contributed by atoms with Gasteiger partial charge in [-0.1, -0.05) is 0 Å². The van der Waals surface area contributed by atoms with Crippen LogP contribution in [0.15, 0.2) is 41.7 Å². The quantitative estimate of drug-likeness (QED) is 0.322. The van der Waals surface area contributed by atoms with Crippen LogP contribution in [-0.2, 0) is 7.05 Å². The van der Waals surface area contributed by atoms with Gasteiger partial charge in [0.25, 0.3) is 0 Å². The third-order valence-corrected chi connectivity index (χ3v) is 4.38. The van der Waals surface area contributed by atoms with Gasteiger partial charge >= 0.3 is 0 Å². The molecule has 124 valence electrons. The number of hydrogen-bond acceptors (Lipinski definition) is 4. The minimum Gasteiger partial charge on any atom is -0.508 e. The number of phenolic OH excluding ortho intramolecular Hbond substituents is 1. The number of aliphatic imine (C=N–C) groups is 1. The van der Waals surface area contributed by atoms with Crippen LogP contribution in [-0.4, -0.2) is 50.1 Å². The Morgan fingerprint density at radius 1 is 1.26 bits per heavy atom. The molecule has 6 nitrogen and oxygen atoms in total. The maximum absolute atomic E-state index is 9.40. The first kappa shape index (κ1) is 17.9. The second kappa shape index (κ2) is 8.44. The lowest BCUT2D eigenvalue weighted by molar-refractivity contribution is 0.461. The summed E-state index contributed by atoms with van der Waals surface area (Å²) in [4.78, 5) is 11.2. The fraction of sp³-hybridized carbons (Fsp3) is 0.333. The van der Waals surface area contributed by atoms with Gasteiger partial charge in [0.05, 0.1) is 0 Å². The van der Waals surface area contributed by atoms with Crippen molar-refractivity contribution in [3.8, 4) is 5.75 Å². The minimum atomic E-state index is 0. The van der Waals surface area contributed by atoms with E-state index in [0.717, 1.165) is 36.2 Å². The molecule has 3 rings (SSSR count). The van der Waals surface area contributed by atoms with Crippen LogP contribution < -0.4 is 5.32 Å². The molecular weight excluding hydrogens is 425 g/mol. The Morgan fingerprint density at radius 3 is 2.57 bits per heavy atom. The molecule has 0 bridgehead atoms. The van der Waals surface area contributed by atoms with E-state index in [-0.39, 0.29) is 29.7 Å². The number of rotatable bonds is 2. The highest BCUT2D eigenvalue weighted by Crippen LogP contribution is 2.17. The van der Waals surface area contributed by atoms with Gasteiger partial charge in [-0.3, -0.25) is 0 Å². The SMILES string of the molecule is Cn1ccnc1N=C(Nc1ccc(O)cc1)N1CCSCC1.I. The lowest BCUT2D eigenvalue weighted by Crippen LogP contribution is -2.41. The number of thioether (sulfide) groups is 1. The summed E-state index contributed by atoms with van der Waals surface area (Å²) in [6.07, 6.45) is 3.62. The fourth-order valence-electron chi connectivity index (χ4n) is 2.19. The third-order valence-electron chi connectivity index (χ3n) is 3.44. The van der Waals surface area contributed by atoms with E-state index in [4.69, 9.17) is 0 Å². The number of aromatic nitrogens is 2. The molecular formula is C15H20IN5OS. The Hall–Kier alpha value is -1.42. The highest BCUT2D eigenvalue weighted by atomic mass is 127. The monoisotopic (exact) mass is 445 g/mol. The topological polar surface area (TPSA) is 65.7 Å². The highest BCUT2D eigenvalue weighted by Gasteiger charge is 2.16. The lowest BCUT2D eigenvalue weighted by atomic mass is 10.3. The van der Waals surface area contributed by atoms with Crippen LogP contribution in [0.2, 0.25) is 0 Å². The summed E-state index contributed by atoms with van der Waals surface area (Å²) >= 11 is 1.96. The first-order valence-electron chi connectivity index (χ1n) is 7.17. The van der Waals surface area contributed by atoms with Crippen molar-refractivity contribution in [1.29, 1.82) is 0 Å². The molecule has 0 atom stereocenters. The van der Waals surface area contributed by atoms with Gasteiger partial charge in [-0.15, -0.1) is 24.0 Å². The van der Waals surface area contributed by atoms with Crippen molar-refractivity contribution in [1.82, 2.24) is 14.5 Å². The van der Waals surface area contributed by atoms with Crippen molar-refractivity contribution in [3.05, 3.63) is 36.7 Å². The van der Waals surface area contributed by atoms with Crippen LogP contribution in [0.5, 0.6) is 5.75 Å². The van der Waals surface area contributed by atoms with E-state index < -0.39 is 0 Å². The molecule has 23 heavy (non-hydrogen) atoms. The molecule has 0 saturated carbocycles. The lowest BCUT2D eigenvalue weighted by Gasteiger charge is -2.29. The second-order valence-corrected chi connectivity index (χ2v) is 6.27. The van der Waals surface area contributed by atoms with Crippen LogP contribution in [0.25, 0.3) is 0 Å². The summed E-state index contributed by atoms with van der Waals surface area (Å²) in [7, 11) is 1.93. The molecule has 1 saturated heterocycles. The molecule has 1 fully saturated rings. The normalized spacial score (nSPS) is 15.2. The predicted octanol–water partition coefficient (Wildman–Crippen LogP) is 2.89. The van der Waals surface area contributed by atoms with E-state index in [2.05, 4.69) is 20.2 Å². The van der Waals surface area contributed by atoms with Crippen molar-refractivity contribution in [3.63, 3.8) is 0 Å². The molecule has 1 aromatic heterocycles. The Balaban J connectivity index is 0.00000192. The van der Waals surface area contributed by atoms with Gasteiger partial charge in [-0.05, 0) is 24.3 Å². The summed E-state index contributed by atoms with van der Waals surface area (Å²) in [6.45, 7) is 1.91. The standard InChI is InChI=1S/C15H19N5OS.HI/c1-19-7-6-16-14(19)18-15(20-8-10-22-11-9-20)17-12-2-4-13(21)5-3-12;/h2-7,21H,8-11H2,1H3,(H,16,17,18);1H. The van der Waals surface area contributed by atoms with Crippen LogP contribution in [0.3, 0.4) is 0 Å². The molecule has 1 aromatic carbocycles. The van der Waals surface area contributed by atoms with Gasteiger partial charge in [-0.2, -0.15) is 16.8 Å². The van der Waals surface area contributed by atoms with Crippen molar-refractivity contribution in [2.75, 3.05) is 29.9 Å². The van der Waals surface area contributed by atoms with E-state index >= 15 is 0 Å². The Labute approximate surface area is 157 Å². The molecule has 0 amide bonds. The van der Waals surface area contributed by atoms with Crippen LogP contribution >= 0.6 is 35.7 Å². The average Bonchev–Trinajstić information content (AvgIpc) is 2.95. The summed E-state index contributed by atoms with van der Waals surface area (Å²) < 4.78 is 1.89. The summed E-state index contributed by atoms with van der Waals surface area (Å²) in [5.41, 5.74) is 0.893. The minimum absolute atomic E-state index is 0. The molecule has 1 aliphatic rings. The number of nitrogens with zero attached hydrogens (tertiary/aromatic N) is 4. The molecule has 2 aromatic rings. The van der Waals surface area contributed by atoms with E-state index in [9.17, 15) is 5.11 Å². The number of aryl methyl sites for hydroxylation is 1. The van der Waals surface area contributed by atoms with E-state index in [1.54, 1.807) is 18.3 Å². The number of nitrogens with one attached hydrogen (secondary N) is 1. The largest absolute Gasteiger partial charge is 0.508 e. The molecule has 1 aliphatic heterocycles. The van der Waals surface area contributed by atoms with Crippen LogP contribution in [0.1, 0.15) is 0 Å². The van der Waals surface area contributed by atoms with E-state index in [1.807, 2.05) is 41.7 Å². The summed E-state index contributed by atoms with van der Waals surface area (Å²) in [5, 5.41) is 12.7. The number of imidazole rings is 1. The van der Waals surface area contributed by atoms with Gasteiger partial charge < -0.3 is 19.9 Å². The van der Waals surface area contributed by atoms with Crippen LogP contribution in [0.4, 0.5) is 11.6 Å². The number of benzene rings is 1. The third kappa shape index (κ3) is 4.77. The van der Waals surface area contributed by atoms with Gasteiger partial charge in [-0.25, -0.2) is 4.98 Å². The number of phenols is 1. The summed E-state index contributed by atoms with van der Waals surface area (Å²) in [6, 6.07) is 6.99. The Bertz CT molecular complexity index is 652. The zero-order valence-electron chi connectivity index (χ0n) is 12.8. The molecule has 2 N–H and O–H groups in total. The number of halogens is 1. The molecule has 0 radical (unpaired) electrons. The van der Waals surface area contributed by atoms with E-state index in [0.29, 0.717) is 5.95 Å². The fourth-order valence-corrected chi connectivity index (χ4v) is 3.09. The molecule has 0 aliphatic carbocycles. The first-order valence-corrected chi connectivity index (χ1v) is 8.32. The maximum Gasteiger partial charge on any atom is 0.232 e. The number of hydrogen-bond donors (Lipinski definition) is 2. The zero-order valence-corrected chi connectivity index (χ0v) is 16.0. The second-order valence-electron chi connectivity index (χ2n) is 5.04. The van der Waals surface area contributed by atoms with Crippen LogP contribution in [0, 0.1) is 0 Å². The maximum atomic E-state index is 9.40. The Kier molecular flexibility index (Phi) is 6.58. The molecule has 0 spiro atoms. The number of anilines is 1. The van der Waals surface area contributed by atoms with Gasteiger partial charge in [0.15, 0.2) is 0 Å². The van der Waals surface area contributed by atoms with Gasteiger partial charge in [0.1, 0.15) is 5.75 Å². The van der Waals surface area contributed by atoms with E-state index in [1.165, 1.54) is 0 Å². The zero-order chi connectivity index (χ0) is 15.4. The van der Waals surface area contributed by atoms with Crippen molar-refractivity contribution >= 4 is 53.3 Å². The van der Waals surface area contributed by atoms with Crippen molar-refractivity contribution < 1.29 is 5.11 Å². The smallest absolute Gasteiger partial charge is 0.232 e. The summed E-state index contributed by atoms with van der Waals surface area (Å²) in [5.74, 6) is 3.90. The highest BCUT2D eigenvalue weighted by molar-refractivity contribution is 14.0. The average molecular weight is 445 g/mol. The van der Waals surface area contributed by atoms with Gasteiger partial charge in [0.2, 0.25) is 11.9 Å².